The van der Waals surface area contributed by atoms with Gasteiger partial charge in [0.25, 0.3) is 0 Å². The Morgan fingerprint density at radius 1 is 1.03 bits per heavy atom. The van der Waals surface area contributed by atoms with Gasteiger partial charge in [-0.1, -0.05) is 11.6 Å². The first-order valence-corrected chi connectivity index (χ1v) is 9.32. The summed E-state index contributed by atoms with van der Waals surface area (Å²) in [6.07, 6.45) is -2.15. The second-order valence-electron chi connectivity index (χ2n) is 6.81. The number of anilines is 2. The first-order chi connectivity index (χ1) is 15.0. The summed E-state index contributed by atoms with van der Waals surface area (Å²) in [5, 5.41) is 9.95. The fraction of sp³-hybridized carbons (Fsp3) is 0.238. The van der Waals surface area contributed by atoms with E-state index in [0.29, 0.717) is 37.3 Å². The van der Waals surface area contributed by atoms with Crippen molar-refractivity contribution in [2.75, 3.05) is 24.1 Å². The Balaban J connectivity index is 0.000000451. The average Bonchev–Trinajstić information content (AvgIpc) is 2.72. The second-order valence-corrected chi connectivity index (χ2v) is 6.81. The van der Waals surface area contributed by atoms with Gasteiger partial charge >= 0.3 is 18.2 Å². The number of amides is 2. The van der Waals surface area contributed by atoms with Crippen LogP contribution in [-0.2, 0) is 4.79 Å². The molecule has 172 valence electrons. The molecule has 1 fully saturated rings. The van der Waals surface area contributed by atoms with E-state index in [1.807, 2.05) is 0 Å². The molecule has 0 bridgehead atoms. The zero-order chi connectivity index (χ0) is 23.9. The van der Waals surface area contributed by atoms with Crippen LogP contribution in [-0.4, -0.2) is 41.3 Å². The number of piperidine rings is 1. The van der Waals surface area contributed by atoms with Crippen LogP contribution in [0.15, 0.2) is 48.0 Å². The number of nitrogens with two attached hydrogens (primary N) is 1. The Kier molecular flexibility index (Phi) is 8.16. The number of carboxylic acids is 1. The van der Waals surface area contributed by atoms with Crippen molar-refractivity contribution in [3.05, 3.63) is 65.2 Å². The van der Waals surface area contributed by atoms with E-state index in [0.717, 1.165) is 17.7 Å². The average molecular weight is 457 g/mol. The zero-order valence-corrected chi connectivity index (χ0v) is 16.6. The van der Waals surface area contributed by atoms with Gasteiger partial charge in [0, 0.05) is 30.0 Å². The smallest absolute Gasteiger partial charge is 0.475 e. The lowest BCUT2D eigenvalue weighted by Crippen LogP contribution is -2.39. The molecule has 2 aromatic carbocycles. The largest absolute Gasteiger partial charge is 0.490 e. The summed E-state index contributed by atoms with van der Waals surface area (Å²) in [4.78, 5) is 22.9. The Morgan fingerprint density at radius 3 is 2.12 bits per heavy atom. The number of rotatable bonds is 2. The Hall–Kier alpha value is -3.63. The summed E-state index contributed by atoms with van der Waals surface area (Å²) in [5.74, 6) is -3.67. The number of carbonyl (C=O) groups excluding carboxylic acids is 1. The maximum Gasteiger partial charge on any atom is 0.490 e. The number of alkyl halides is 3. The van der Waals surface area contributed by atoms with Crippen molar-refractivity contribution in [2.45, 2.75) is 19.0 Å². The molecule has 2 aromatic rings. The minimum Gasteiger partial charge on any atom is -0.475 e. The molecule has 0 spiro atoms. The molecular weight excluding hydrogens is 437 g/mol. The summed E-state index contributed by atoms with van der Waals surface area (Å²) < 4.78 is 58.7. The third kappa shape index (κ3) is 7.56. The third-order valence-corrected chi connectivity index (χ3v) is 4.42. The van der Waals surface area contributed by atoms with E-state index in [1.54, 1.807) is 35.2 Å². The van der Waals surface area contributed by atoms with Gasteiger partial charge in [0.05, 0.1) is 0 Å². The van der Waals surface area contributed by atoms with Crippen molar-refractivity contribution in [3.63, 3.8) is 0 Å². The van der Waals surface area contributed by atoms with Gasteiger partial charge in [-0.3, -0.25) is 0 Å². The van der Waals surface area contributed by atoms with Crippen molar-refractivity contribution in [2.24, 2.45) is 0 Å². The van der Waals surface area contributed by atoms with Crippen molar-refractivity contribution in [1.29, 1.82) is 0 Å². The van der Waals surface area contributed by atoms with Crippen LogP contribution in [0.4, 0.5) is 38.1 Å². The van der Waals surface area contributed by atoms with E-state index < -0.39 is 23.8 Å². The standard InChI is InChI=1S/C19H19F2N3O.C2HF3O2/c20-15-1-6-18(21)14(12-15)11-13-7-9-24(10-8-13)19(25)23-17-4-2-16(22)3-5-17;3-2(4,5)1(6)7/h1-6,11-12H,7-10,22H2,(H,23,25);(H,6,7). The number of nitrogens with zero attached hydrogens (tertiary/aromatic N) is 1. The molecule has 0 unspecified atom stereocenters. The highest BCUT2D eigenvalue weighted by atomic mass is 19.4. The number of carbonyl (C=O) groups is 2. The van der Waals surface area contributed by atoms with Crippen LogP contribution in [0, 0.1) is 11.6 Å². The molecule has 4 N–H and O–H groups in total. The quantitative estimate of drug-likeness (QED) is 0.442. The molecular formula is C21H20F5N3O3. The summed E-state index contributed by atoms with van der Waals surface area (Å²) in [5.41, 5.74) is 8.18. The number of benzene rings is 2. The van der Waals surface area contributed by atoms with Crippen LogP contribution in [0.3, 0.4) is 0 Å². The Morgan fingerprint density at radius 2 is 1.59 bits per heavy atom. The number of nitrogen functional groups attached to an aromatic ring is 1. The van der Waals surface area contributed by atoms with Crippen molar-refractivity contribution < 1.29 is 36.6 Å². The first kappa shape index (κ1) is 24.6. The van der Waals surface area contributed by atoms with Crippen molar-refractivity contribution >= 4 is 29.5 Å². The molecule has 2 amide bonds. The van der Waals surface area contributed by atoms with Gasteiger partial charge in [0.15, 0.2) is 0 Å². The number of hydrogen-bond acceptors (Lipinski definition) is 3. The van der Waals surface area contributed by atoms with E-state index in [-0.39, 0.29) is 11.6 Å². The van der Waals surface area contributed by atoms with Crippen LogP contribution in [0.1, 0.15) is 18.4 Å². The van der Waals surface area contributed by atoms with Gasteiger partial charge in [-0.2, -0.15) is 13.2 Å². The Bertz CT molecular complexity index is 981. The van der Waals surface area contributed by atoms with Gasteiger partial charge in [-0.15, -0.1) is 0 Å². The molecule has 0 atom stereocenters. The molecule has 6 nitrogen and oxygen atoms in total. The fourth-order valence-corrected chi connectivity index (χ4v) is 2.76. The Labute approximate surface area is 180 Å². The summed E-state index contributed by atoms with van der Waals surface area (Å²) >= 11 is 0. The molecule has 0 aromatic heterocycles. The highest BCUT2D eigenvalue weighted by Crippen LogP contribution is 2.22. The van der Waals surface area contributed by atoms with E-state index in [1.165, 1.54) is 6.07 Å². The third-order valence-electron chi connectivity index (χ3n) is 4.42. The highest BCUT2D eigenvalue weighted by molar-refractivity contribution is 5.89. The fourth-order valence-electron chi connectivity index (χ4n) is 2.76. The number of aliphatic carboxylic acids is 1. The lowest BCUT2D eigenvalue weighted by atomic mass is 10.0. The van der Waals surface area contributed by atoms with Gasteiger partial charge in [0.2, 0.25) is 0 Å². The zero-order valence-electron chi connectivity index (χ0n) is 16.6. The lowest BCUT2D eigenvalue weighted by molar-refractivity contribution is -0.192. The van der Waals surface area contributed by atoms with Crippen LogP contribution >= 0.6 is 0 Å². The predicted molar refractivity (Wildman–Crippen MR) is 109 cm³/mol. The molecule has 1 aliphatic rings. The first-order valence-electron chi connectivity index (χ1n) is 9.32. The monoisotopic (exact) mass is 457 g/mol. The molecule has 32 heavy (non-hydrogen) atoms. The van der Waals surface area contributed by atoms with Crippen molar-refractivity contribution in [1.82, 2.24) is 4.90 Å². The summed E-state index contributed by atoms with van der Waals surface area (Å²) in [6.45, 7) is 1.06. The van der Waals surface area contributed by atoms with Crippen LogP contribution in [0.2, 0.25) is 0 Å². The summed E-state index contributed by atoms with van der Waals surface area (Å²) in [7, 11) is 0. The number of carboxylic acid groups (broad SMARTS) is 1. The molecule has 3 rings (SSSR count). The van der Waals surface area contributed by atoms with Crippen LogP contribution in [0.25, 0.3) is 6.08 Å². The molecule has 1 aliphatic heterocycles. The van der Waals surface area contributed by atoms with Gasteiger partial charge in [0.1, 0.15) is 11.6 Å². The predicted octanol–water partition coefficient (Wildman–Crippen LogP) is 4.89. The minimum absolute atomic E-state index is 0.180. The topological polar surface area (TPSA) is 95.7 Å². The maximum absolute atomic E-state index is 13.7. The molecule has 0 saturated carbocycles. The van der Waals surface area contributed by atoms with Gasteiger partial charge in [-0.25, -0.2) is 18.4 Å². The van der Waals surface area contributed by atoms with E-state index in [9.17, 15) is 26.7 Å². The van der Waals surface area contributed by atoms with Crippen LogP contribution in [0.5, 0.6) is 0 Å². The molecule has 1 saturated heterocycles. The number of nitrogens with one attached hydrogen (secondary N) is 1. The van der Waals surface area contributed by atoms with Crippen LogP contribution < -0.4 is 11.1 Å². The number of urea groups is 1. The molecule has 1 heterocycles. The SMILES string of the molecule is Nc1ccc(NC(=O)N2CCC(=Cc3cc(F)ccc3F)CC2)cc1.O=C(O)C(F)(F)F. The van der Waals surface area contributed by atoms with E-state index in [2.05, 4.69) is 5.32 Å². The number of halogens is 5. The molecule has 0 radical (unpaired) electrons. The maximum atomic E-state index is 13.7. The normalized spacial score (nSPS) is 13.7. The lowest BCUT2D eigenvalue weighted by Gasteiger charge is -2.28. The second kappa shape index (κ2) is 10.6. The van der Waals surface area contributed by atoms with Gasteiger partial charge in [-0.05, 0) is 55.3 Å². The summed E-state index contributed by atoms with van der Waals surface area (Å²) in [6, 6.07) is 10.2. The number of hydrogen-bond donors (Lipinski definition) is 3. The van der Waals surface area contributed by atoms with E-state index in [4.69, 9.17) is 15.6 Å². The highest BCUT2D eigenvalue weighted by Gasteiger charge is 2.38. The van der Waals surface area contributed by atoms with Gasteiger partial charge < -0.3 is 21.1 Å². The van der Waals surface area contributed by atoms with E-state index >= 15 is 0 Å². The van der Waals surface area contributed by atoms with Crippen molar-refractivity contribution in [3.8, 4) is 0 Å². The minimum atomic E-state index is -5.08. The molecule has 0 aliphatic carbocycles. The number of likely N-dealkylation sites (tertiary alicyclic amines) is 1. The molecule has 11 heteroatoms.